The van der Waals surface area contributed by atoms with Crippen LogP contribution in [0.4, 0.5) is 23.4 Å². The maximum Gasteiger partial charge on any atom is 0.287 e. The fourth-order valence-corrected chi connectivity index (χ4v) is 2.56. The maximum atomic E-state index is 13.6. The molecule has 1 amide bonds. The number of rotatable bonds is 4. The van der Waals surface area contributed by atoms with E-state index in [0.29, 0.717) is 6.92 Å². The average molecular weight is 366 g/mol. The molecule has 0 fully saturated rings. The molecule has 3 rings (SSSR count). The van der Waals surface area contributed by atoms with Crippen LogP contribution in [0.3, 0.4) is 0 Å². The second-order valence-electron chi connectivity index (χ2n) is 5.79. The van der Waals surface area contributed by atoms with Gasteiger partial charge in [-0.15, -0.1) is 0 Å². The van der Waals surface area contributed by atoms with E-state index < -0.39 is 18.0 Å². The third-order valence-electron chi connectivity index (χ3n) is 3.69. The zero-order chi connectivity index (χ0) is 19.1. The Hall–Kier alpha value is -2.97. The molecule has 0 saturated heterocycles. The number of fused-ring (bicyclic) bond motifs is 1. The van der Waals surface area contributed by atoms with Crippen LogP contribution in [-0.2, 0) is 10.7 Å². The summed E-state index contributed by atoms with van der Waals surface area (Å²) in [5, 5.41) is 2.60. The van der Waals surface area contributed by atoms with Crippen molar-refractivity contribution in [2.45, 2.75) is 26.2 Å². The van der Waals surface area contributed by atoms with Gasteiger partial charge < -0.3 is 9.88 Å². The highest BCUT2D eigenvalue weighted by Gasteiger charge is 2.27. The van der Waals surface area contributed by atoms with Crippen molar-refractivity contribution in [3.05, 3.63) is 47.9 Å². The highest BCUT2D eigenvalue weighted by atomic mass is 19.3. The standard InChI is InChI=1S/C17H14F4N4O/c1-9(26)23-14-6-12-10(7-22-14)11(16(18)19)8-25(12)15-5-3-4-13(24-15)17(2,20)21/h3-8,16H,1-2H3,(H,22,23,26). The van der Waals surface area contributed by atoms with Crippen LogP contribution in [0.2, 0.25) is 0 Å². The first-order chi connectivity index (χ1) is 12.2. The zero-order valence-electron chi connectivity index (χ0n) is 13.8. The van der Waals surface area contributed by atoms with E-state index in [0.717, 1.165) is 12.3 Å². The Morgan fingerprint density at radius 1 is 1.31 bits per heavy atom. The number of aromatic nitrogens is 3. The number of hydrogen-bond donors (Lipinski definition) is 1. The summed E-state index contributed by atoms with van der Waals surface area (Å²) in [6, 6.07) is 5.36. The largest absolute Gasteiger partial charge is 0.311 e. The van der Waals surface area contributed by atoms with E-state index >= 15 is 0 Å². The van der Waals surface area contributed by atoms with Crippen LogP contribution in [0.1, 0.15) is 31.5 Å². The Bertz CT molecular complexity index is 979. The van der Waals surface area contributed by atoms with Gasteiger partial charge in [0.05, 0.1) is 5.52 Å². The van der Waals surface area contributed by atoms with E-state index in [1.165, 1.54) is 35.9 Å². The van der Waals surface area contributed by atoms with Crippen molar-refractivity contribution in [2.75, 3.05) is 5.32 Å². The lowest BCUT2D eigenvalue weighted by Crippen LogP contribution is -2.11. The summed E-state index contributed by atoms with van der Waals surface area (Å²) < 4.78 is 55.1. The summed E-state index contributed by atoms with van der Waals surface area (Å²) in [4.78, 5) is 19.0. The van der Waals surface area contributed by atoms with Crippen molar-refractivity contribution < 1.29 is 22.4 Å². The summed E-state index contributed by atoms with van der Waals surface area (Å²) in [6.45, 7) is 1.99. The van der Waals surface area contributed by atoms with Crippen LogP contribution in [0.25, 0.3) is 16.7 Å². The number of amides is 1. The van der Waals surface area contributed by atoms with Crippen LogP contribution in [0.5, 0.6) is 0 Å². The smallest absolute Gasteiger partial charge is 0.287 e. The molecule has 0 spiro atoms. The second-order valence-corrected chi connectivity index (χ2v) is 5.79. The lowest BCUT2D eigenvalue weighted by Gasteiger charge is -2.12. The van der Waals surface area contributed by atoms with E-state index in [9.17, 15) is 22.4 Å². The molecule has 26 heavy (non-hydrogen) atoms. The first kappa shape index (κ1) is 17.8. The fourth-order valence-electron chi connectivity index (χ4n) is 2.56. The normalized spacial score (nSPS) is 12.0. The van der Waals surface area contributed by atoms with Gasteiger partial charge in [0.1, 0.15) is 17.3 Å². The van der Waals surface area contributed by atoms with Gasteiger partial charge in [-0.2, -0.15) is 8.78 Å². The van der Waals surface area contributed by atoms with Gasteiger partial charge in [0, 0.05) is 43.3 Å². The Morgan fingerprint density at radius 2 is 2.04 bits per heavy atom. The quantitative estimate of drug-likeness (QED) is 0.695. The fraction of sp³-hybridized carbons (Fsp3) is 0.235. The van der Waals surface area contributed by atoms with Crippen molar-refractivity contribution in [3.63, 3.8) is 0 Å². The van der Waals surface area contributed by atoms with Crippen LogP contribution >= 0.6 is 0 Å². The van der Waals surface area contributed by atoms with Gasteiger partial charge >= 0.3 is 0 Å². The SMILES string of the molecule is CC(=O)Nc1cc2c(cn1)c(C(F)F)cn2-c1cccc(C(C)(F)F)n1. The number of nitrogens with zero attached hydrogens (tertiary/aromatic N) is 3. The number of anilines is 1. The minimum Gasteiger partial charge on any atom is -0.311 e. The molecule has 0 aliphatic rings. The number of halogens is 4. The van der Waals surface area contributed by atoms with Crippen LogP contribution < -0.4 is 5.32 Å². The average Bonchev–Trinajstić information content (AvgIpc) is 2.92. The minimum absolute atomic E-state index is 0.0564. The van der Waals surface area contributed by atoms with Crippen molar-refractivity contribution in [1.82, 2.24) is 14.5 Å². The molecule has 3 heterocycles. The summed E-state index contributed by atoms with van der Waals surface area (Å²) in [5.41, 5.74) is -0.521. The van der Waals surface area contributed by atoms with Crippen molar-refractivity contribution in [3.8, 4) is 5.82 Å². The molecule has 0 bridgehead atoms. The molecule has 3 aromatic heterocycles. The van der Waals surface area contributed by atoms with Gasteiger partial charge in [-0.05, 0) is 12.1 Å². The molecule has 136 valence electrons. The molecular weight excluding hydrogens is 352 g/mol. The molecule has 5 nitrogen and oxygen atoms in total. The van der Waals surface area contributed by atoms with Gasteiger partial charge in [0.15, 0.2) is 0 Å². The number of carbonyl (C=O) groups excluding carboxylic acids is 1. The highest BCUT2D eigenvalue weighted by molar-refractivity contribution is 5.92. The zero-order valence-corrected chi connectivity index (χ0v) is 13.8. The Kier molecular flexibility index (Phi) is 4.39. The van der Waals surface area contributed by atoms with Gasteiger partial charge in [-0.25, -0.2) is 18.7 Å². The topological polar surface area (TPSA) is 59.8 Å². The van der Waals surface area contributed by atoms with E-state index in [-0.39, 0.29) is 34.0 Å². The Balaban J connectivity index is 2.23. The van der Waals surface area contributed by atoms with Gasteiger partial charge in [-0.1, -0.05) is 6.07 Å². The maximum absolute atomic E-state index is 13.6. The molecule has 0 unspecified atom stereocenters. The van der Waals surface area contributed by atoms with Gasteiger partial charge in [0.25, 0.3) is 12.3 Å². The van der Waals surface area contributed by atoms with E-state index in [1.54, 1.807) is 0 Å². The van der Waals surface area contributed by atoms with Crippen molar-refractivity contribution in [1.29, 1.82) is 0 Å². The predicted octanol–water partition coefficient (Wildman–Crippen LogP) is 4.43. The molecule has 9 heteroatoms. The highest BCUT2D eigenvalue weighted by Crippen LogP contribution is 2.33. The van der Waals surface area contributed by atoms with Crippen LogP contribution in [0, 0.1) is 0 Å². The van der Waals surface area contributed by atoms with Crippen LogP contribution in [-0.4, -0.2) is 20.4 Å². The number of pyridine rings is 2. The Labute approximate surface area is 145 Å². The predicted molar refractivity (Wildman–Crippen MR) is 87.7 cm³/mol. The molecule has 1 N–H and O–H groups in total. The van der Waals surface area contributed by atoms with Gasteiger partial charge in [0.2, 0.25) is 5.91 Å². The minimum atomic E-state index is -3.17. The van der Waals surface area contributed by atoms with Gasteiger partial charge in [-0.3, -0.25) is 4.79 Å². The molecule has 0 radical (unpaired) electrons. The third-order valence-corrected chi connectivity index (χ3v) is 3.69. The molecule has 0 aliphatic carbocycles. The summed E-state index contributed by atoms with van der Waals surface area (Å²) in [5.74, 6) is -3.34. The number of nitrogens with one attached hydrogen (secondary N) is 1. The molecule has 0 aromatic carbocycles. The molecule has 0 saturated carbocycles. The third kappa shape index (κ3) is 3.37. The molecule has 0 aliphatic heterocycles. The van der Waals surface area contributed by atoms with Crippen LogP contribution in [0.15, 0.2) is 36.7 Å². The van der Waals surface area contributed by atoms with Crippen molar-refractivity contribution >= 4 is 22.6 Å². The second kappa shape index (κ2) is 6.40. The Morgan fingerprint density at radius 3 is 2.65 bits per heavy atom. The summed E-state index contributed by atoms with van der Waals surface area (Å²) >= 11 is 0. The summed E-state index contributed by atoms with van der Waals surface area (Å²) in [7, 11) is 0. The lowest BCUT2D eigenvalue weighted by molar-refractivity contribution is -0.114. The number of carbonyl (C=O) groups is 1. The molecule has 3 aromatic rings. The van der Waals surface area contributed by atoms with Crippen molar-refractivity contribution in [2.24, 2.45) is 0 Å². The lowest BCUT2D eigenvalue weighted by atomic mass is 10.2. The first-order valence-corrected chi connectivity index (χ1v) is 7.59. The first-order valence-electron chi connectivity index (χ1n) is 7.59. The van der Waals surface area contributed by atoms with E-state index in [4.69, 9.17) is 0 Å². The van der Waals surface area contributed by atoms with E-state index in [2.05, 4.69) is 15.3 Å². The van der Waals surface area contributed by atoms with E-state index in [1.807, 2.05) is 0 Å². The number of alkyl halides is 4. The molecular formula is C17H14F4N4O. The number of hydrogen-bond acceptors (Lipinski definition) is 3. The monoisotopic (exact) mass is 366 g/mol. The summed E-state index contributed by atoms with van der Waals surface area (Å²) in [6.07, 6.45) is -0.450. The molecule has 0 atom stereocenters.